The van der Waals surface area contributed by atoms with Gasteiger partial charge in [-0.05, 0) is 18.9 Å². The van der Waals surface area contributed by atoms with E-state index in [2.05, 4.69) is 17.4 Å². The van der Waals surface area contributed by atoms with Gasteiger partial charge in [0, 0.05) is 26.3 Å². The molecule has 1 atom stereocenters. The van der Waals surface area contributed by atoms with E-state index in [9.17, 15) is 0 Å². The first-order chi connectivity index (χ1) is 10.3. The van der Waals surface area contributed by atoms with Crippen molar-refractivity contribution in [3.05, 3.63) is 36.0 Å². The Balaban J connectivity index is 2.07. The monoisotopic (exact) mass is 287 g/mol. The zero-order valence-electron chi connectivity index (χ0n) is 12.7. The average molecular weight is 287 g/mol. The highest BCUT2D eigenvalue weighted by atomic mass is 16.7. The normalized spacial score (nSPS) is 17.6. The Bertz CT molecular complexity index is 605. The van der Waals surface area contributed by atoms with Crippen LogP contribution in [0.15, 0.2) is 30.3 Å². The van der Waals surface area contributed by atoms with E-state index in [-0.39, 0.29) is 12.3 Å². The van der Waals surface area contributed by atoms with Gasteiger partial charge >= 0.3 is 0 Å². The van der Waals surface area contributed by atoms with Crippen molar-refractivity contribution in [2.75, 3.05) is 26.1 Å². The molecule has 0 saturated carbocycles. The minimum atomic E-state index is -0.284. The predicted molar refractivity (Wildman–Crippen MR) is 82.3 cm³/mol. The molecule has 0 radical (unpaired) electrons. The first-order valence-electron chi connectivity index (χ1n) is 7.20. The summed E-state index contributed by atoms with van der Waals surface area (Å²) in [7, 11) is 3.34. The van der Waals surface area contributed by atoms with E-state index in [1.165, 1.54) is 5.56 Å². The molecular formula is C16H21N3O2. The van der Waals surface area contributed by atoms with E-state index >= 15 is 0 Å². The zero-order chi connectivity index (χ0) is 14.8. The van der Waals surface area contributed by atoms with Crippen LogP contribution >= 0.6 is 0 Å². The molecule has 1 aromatic carbocycles. The quantitative estimate of drug-likeness (QED) is 0.878. The summed E-state index contributed by atoms with van der Waals surface area (Å²) in [5.74, 6) is 1.05. The second kappa shape index (κ2) is 5.87. The van der Waals surface area contributed by atoms with Crippen molar-refractivity contribution >= 4 is 5.82 Å². The van der Waals surface area contributed by atoms with Crippen LogP contribution in [0.25, 0.3) is 11.1 Å². The Morgan fingerprint density at radius 1 is 1.24 bits per heavy atom. The molecule has 1 N–H and O–H groups in total. The summed E-state index contributed by atoms with van der Waals surface area (Å²) in [5, 5.41) is 8.19. The fourth-order valence-corrected chi connectivity index (χ4v) is 3.03. The second-order valence-electron chi connectivity index (χ2n) is 5.24. The number of methoxy groups -OCH3 is 2. The molecule has 1 unspecified atom stereocenters. The van der Waals surface area contributed by atoms with Gasteiger partial charge in [-0.2, -0.15) is 5.10 Å². The van der Waals surface area contributed by atoms with Crippen LogP contribution in [0.2, 0.25) is 0 Å². The Hall–Kier alpha value is -1.85. The van der Waals surface area contributed by atoms with Crippen molar-refractivity contribution in [2.24, 2.45) is 0 Å². The van der Waals surface area contributed by atoms with Crippen LogP contribution in [-0.4, -0.2) is 36.8 Å². The summed E-state index contributed by atoms with van der Waals surface area (Å²) in [6.45, 7) is 2.93. The molecule has 0 bridgehead atoms. The van der Waals surface area contributed by atoms with E-state index in [0.717, 1.165) is 30.0 Å². The maximum absolute atomic E-state index is 5.44. The van der Waals surface area contributed by atoms with Gasteiger partial charge in [0.1, 0.15) is 11.9 Å². The Morgan fingerprint density at radius 3 is 2.62 bits per heavy atom. The van der Waals surface area contributed by atoms with Gasteiger partial charge in [-0.25, -0.2) is 4.68 Å². The number of anilines is 1. The second-order valence-corrected chi connectivity index (χ2v) is 5.24. The predicted octanol–water partition coefficient (Wildman–Crippen LogP) is 2.83. The third kappa shape index (κ3) is 2.43. The third-order valence-electron chi connectivity index (χ3n) is 3.97. The highest BCUT2D eigenvalue weighted by Gasteiger charge is 2.31. The van der Waals surface area contributed by atoms with Crippen LogP contribution in [-0.2, 0) is 9.47 Å². The Kier molecular flexibility index (Phi) is 3.94. The van der Waals surface area contributed by atoms with Crippen LogP contribution < -0.4 is 5.32 Å². The molecule has 1 aromatic heterocycles. The molecule has 21 heavy (non-hydrogen) atoms. The van der Waals surface area contributed by atoms with Gasteiger partial charge in [0.25, 0.3) is 0 Å². The largest absolute Gasteiger partial charge is 0.370 e. The summed E-state index contributed by atoms with van der Waals surface area (Å²) < 4.78 is 12.9. The van der Waals surface area contributed by atoms with Gasteiger partial charge in [0.05, 0.1) is 5.69 Å². The molecule has 0 saturated heterocycles. The number of aryl methyl sites for hydroxylation is 1. The number of fused-ring (bicyclic) bond motifs is 1. The van der Waals surface area contributed by atoms with Crippen LogP contribution in [0.4, 0.5) is 5.82 Å². The van der Waals surface area contributed by atoms with E-state index in [4.69, 9.17) is 14.6 Å². The van der Waals surface area contributed by atoms with Gasteiger partial charge in [0.15, 0.2) is 6.29 Å². The van der Waals surface area contributed by atoms with E-state index in [1.54, 1.807) is 14.2 Å². The molecule has 112 valence electrons. The molecule has 1 aliphatic heterocycles. The fourth-order valence-electron chi connectivity index (χ4n) is 3.03. The number of hydrogen-bond donors (Lipinski definition) is 1. The maximum Gasteiger partial charge on any atom is 0.179 e. The minimum Gasteiger partial charge on any atom is -0.370 e. The maximum atomic E-state index is 5.44. The van der Waals surface area contributed by atoms with Crippen LogP contribution in [0, 0.1) is 6.92 Å². The van der Waals surface area contributed by atoms with Crippen molar-refractivity contribution < 1.29 is 9.47 Å². The molecule has 2 heterocycles. The van der Waals surface area contributed by atoms with Gasteiger partial charge in [-0.1, -0.05) is 30.3 Å². The lowest BCUT2D eigenvalue weighted by molar-refractivity contribution is -0.135. The highest BCUT2D eigenvalue weighted by molar-refractivity contribution is 5.78. The topological polar surface area (TPSA) is 48.3 Å². The van der Waals surface area contributed by atoms with Gasteiger partial charge in [-0.3, -0.25) is 0 Å². The molecule has 1 aliphatic rings. The molecule has 2 aromatic rings. The number of nitrogens with zero attached hydrogens (tertiary/aromatic N) is 2. The van der Waals surface area contributed by atoms with Crippen LogP contribution in [0.3, 0.4) is 0 Å². The molecule has 3 rings (SSSR count). The summed E-state index contributed by atoms with van der Waals surface area (Å²) in [6, 6.07) is 10.4. The third-order valence-corrected chi connectivity index (χ3v) is 3.97. The summed E-state index contributed by atoms with van der Waals surface area (Å²) >= 11 is 0. The minimum absolute atomic E-state index is 0.0902. The lowest BCUT2D eigenvalue weighted by atomic mass is 10.0. The van der Waals surface area contributed by atoms with E-state index in [0.29, 0.717) is 0 Å². The summed E-state index contributed by atoms with van der Waals surface area (Å²) in [6.07, 6.45) is 0.642. The number of nitrogens with one attached hydrogen (secondary N) is 1. The lowest BCUT2D eigenvalue weighted by Crippen LogP contribution is -2.34. The number of benzene rings is 1. The van der Waals surface area contributed by atoms with Crippen molar-refractivity contribution in [3.63, 3.8) is 0 Å². The van der Waals surface area contributed by atoms with Gasteiger partial charge in [-0.15, -0.1) is 0 Å². The zero-order valence-corrected chi connectivity index (χ0v) is 12.7. The standard InChI is InChI=1S/C16H21N3O2/c1-11-14(12-7-5-4-6-8-12)15-17-10-9-13(19(15)18-11)16(20-2)21-3/h4-8,13,16-17H,9-10H2,1-3H3. The molecule has 0 aliphatic carbocycles. The smallest absolute Gasteiger partial charge is 0.179 e. The van der Waals surface area contributed by atoms with Crippen molar-refractivity contribution in [3.8, 4) is 11.1 Å². The SMILES string of the molecule is COC(OC)C1CCNc2c(-c3ccccc3)c(C)nn21. The molecule has 5 nitrogen and oxygen atoms in total. The molecule has 0 fully saturated rings. The van der Waals surface area contributed by atoms with E-state index in [1.807, 2.05) is 29.8 Å². The Morgan fingerprint density at radius 2 is 1.95 bits per heavy atom. The van der Waals surface area contributed by atoms with Crippen LogP contribution in [0.5, 0.6) is 0 Å². The number of hydrogen-bond acceptors (Lipinski definition) is 4. The van der Waals surface area contributed by atoms with Crippen molar-refractivity contribution in [1.82, 2.24) is 9.78 Å². The van der Waals surface area contributed by atoms with Gasteiger partial charge < -0.3 is 14.8 Å². The number of aromatic nitrogens is 2. The first-order valence-corrected chi connectivity index (χ1v) is 7.20. The van der Waals surface area contributed by atoms with E-state index < -0.39 is 0 Å². The highest BCUT2D eigenvalue weighted by Crippen LogP contribution is 2.37. The molecule has 0 amide bonds. The molecular weight excluding hydrogens is 266 g/mol. The Labute approximate surface area is 124 Å². The summed E-state index contributed by atoms with van der Waals surface area (Å²) in [4.78, 5) is 0. The summed E-state index contributed by atoms with van der Waals surface area (Å²) in [5.41, 5.74) is 3.35. The number of ether oxygens (including phenoxy) is 2. The van der Waals surface area contributed by atoms with Crippen molar-refractivity contribution in [2.45, 2.75) is 25.7 Å². The average Bonchev–Trinajstić information content (AvgIpc) is 2.86. The molecule has 0 spiro atoms. The number of rotatable bonds is 4. The lowest BCUT2D eigenvalue weighted by Gasteiger charge is -2.30. The first kappa shape index (κ1) is 14.1. The molecule has 5 heteroatoms. The van der Waals surface area contributed by atoms with Crippen LogP contribution in [0.1, 0.15) is 18.2 Å². The fraction of sp³-hybridized carbons (Fsp3) is 0.438. The van der Waals surface area contributed by atoms with Crippen molar-refractivity contribution in [1.29, 1.82) is 0 Å². The van der Waals surface area contributed by atoms with Gasteiger partial charge in [0.2, 0.25) is 0 Å².